The molecule has 0 fully saturated rings. The maximum Gasteiger partial charge on any atom is 0.0973 e. The zero-order valence-corrected chi connectivity index (χ0v) is 34.4. The van der Waals surface area contributed by atoms with Gasteiger partial charge in [0.25, 0.3) is 0 Å². The van der Waals surface area contributed by atoms with Gasteiger partial charge in [-0.05, 0) is 91.0 Å². The fourth-order valence-electron chi connectivity index (χ4n) is 9.85. The molecule has 0 radical (unpaired) electrons. The third-order valence-corrected chi connectivity index (χ3v) is 13.1. The molecule has 0 spiro atoms. The number of nitrogens with zero attached hydrogens (tertiary/aromatic N) is 2. The van der Waals surface area contributed by atoms with E-state index in [1.165, 1.54) is 61.2 Å². The average Bonchev–Trinajstić information content (AvgIpc) is 3.67. The van der Waals surface area contributed by atoms with E-state index in [0.29, 0.717) is 0 Å². The van der Waals surface area contributed by atoms with Gasteiger partial charge in [-0.15, -0.1) is 0 Å². The molecule has 0 aliphatic heterocycles. The summed E-state index contributed by atoms with van der Waals surface area (Å²) in [6.45, 7) is 9.51. The zero-order valence-electron chi connectivity index (χ0n) is 34.4. The van der Waals surface area contributed by atoms with Gasteiger partial charge in [0, 0.05) is 33.1 Å². The molecule has 11 rings (SSSR count). The number of rotatable bonds is 6. The molecule has 1 heterocycles. The minimum Gasteiger partial charge on any atom is -0.243 e. The first-order chi connectivity index (χ1) is 29.3. The van der Waals surface area contributed by atoms with Crippen molar-refractivity contribution in [3.63, 3.8) is 0 Å². The molecule has 60 heavy (non-hydrogen) atoms. The zero-order chi connectivity index (χ0) is 40.6. The van der Waals surface area contributed by atoms with E-state index in [-0.39, 0.29) is 10.8 Å². The summed E-state index contributed by atoms with van der Waals surface area (Å²) < 4.78 is 0. The summed E-state index contributed by atoms with van der Waals surface area (Å²) in [5.74, 6) is 0. The molecule has 0 saturated carbocycles. The molecule has 2 nitrogen and oxygen atoms in total. The molecule has 286 valence electrons. The highest BCUT2D eigenvalue weighted by Gasteiger charge is 2.41. The Labute approximate surface area is 353 Å². The molecular formula is C58H44N2. The maximum atomic E-state index is 5.45. The monoisotopic (exact) mass is 768 g/mol. The second kappa shape index (κ2) is 13.7. The van der Waals surface area contributed by atoms with Crippen molar-refractivity contribution in [1.29, 1.82) is 0 Å². The summed E-state index contributed by atoms with van der Waals surface area (Å²) >= 11 is 0. The van der Waals surface area contributed by atoms with Crippen LogP contribution in [0.3, 0.4) is 0 Å². The van der Waals surface area contributed by atoms with Crippen molar-refractivity contribution in [2.45, 2.75) is 38.5 Å². The molecule has 0 unspecified atom stereocenters. The number of benzene rings is 8. The normalized spacial score (nSPS) is 13.9. The quantitative estimate of drug-likeness (QED) is 0.168. The molecule has 2 aliphatic carbocycles. The van der Waals surface area contributed by atoms with E-state index >= 15 is 0 Å². The Morgan fingerprint density at radius 1 is 0.250 bits per heavy atom. The lowest BCUT2D eigenvalue weighted by atomic mass is 9.79. The predicted molar refractivity (Wildman–Crippen MR) is 250 cm³/mol. The molecule has 0 atom stereocenters. The van der Waals surface area contributed by atoms with Crippen molar-refractivity contribution >= 4 is 0 Å². The molecule has 9 aromatic rings. The summed E-state index contributed by atoms with van der Waals surface area (Å²) in [6.07, 6.45) is 0. The largest absolute Gasteiger partial charge is 0.243 e. The van der Waals surface area contributed by atoms with Gasteiger partial charge in [-0.3, -0.25) is 0 Å². The highest BCUT2D eigenvalue weighted by Crippen LogP contribution is 2.56. The Hall–Kier alpha value is -7.16. The van der Waals surface area contributed by atoms with Crippen LogP contribution in [0.5, 0.6) is 0 Å². The second-order valence-electron chi connectivity index (χ2n) is 17.4. The van der Waals surface area contributed by atoms with Crippen LogP contribution in [0, 0.1) is 0 Å². The third-order valence-electron chi connectivity index (χ3n) is 13.1. The van der Waals surface area contributed by atoms with Crippen LogP contribution in [-0.2, 0) is 10.8 Å². The minimum absolute atomic E-state index is 0.0408. The van der Waals surface area contributed by atoms with E-state index in [1.807, 2.05) is 18.2 Å². The second-order valence-corrected chi connectivity index (χ2v) is 17.4. The molecule has 0 amide bonds. The van der Waals surface area contributed by atoms with Crippen LogP contribution in [0.2, 0.25) is 0 Å². The first-order valence-electron chi connectivity index (χ1n) is 21.0. The van der Waals surface area contributed by atoms with Crippen LogP contribution >= 0.6 is 0 Å². The molecular weight excluding hydrogens is 725 g/mol. The number of hydrogen-bond donors (Lipinski definition) is 0. The van der Waals surface area contributed by atoms with Gasteiger partial charge in [-0.2, -0.15) is 0 Å². The predicted octanol–water partition coefficient (Wildman–Crippen LogP) is 15.1. The van der Waals surface area contributed by atoms with Crippen molar-refractivity contribution in [3.8, 4) is 89.5 Å². The van der Waals surface area contributed by atoms with Gasteiger partial charge < -0.3 is 0 Å². The molecule has 2 aliphatic rings. The van der Waals surface area contributed by atoms with Gasteiger partial charge >= 0.3 is 0 Å². The number of hydrogen-bond acceptors (Lipinski definition) is 2. The highest BCUT2D eigenvalue weighted by molar-refractivity contribution is 5.92. The van der Waals surface area contributed by atoms with Gasteiger partial charge in [0.05, 0.1) is 22.8 Å². The Morgan fingerprint density at radius 2 is 0.600 bits per heavy atom. The van der Waals surface area contributed by atoms with E-state index in [1.54, 1.807) is 0 Å². The molecule has 2 heteroatoms. The highest BCUT2D eigenvalue weighted by atomic mass is 14.9. The molecule has 0 bridgehead atoms. The van der Waals surface area contributed by atoms with Gasteiger partial charge in [-0.1, -0.05) is 198 Å². The Morgan fingerprint density at radius 3 is 1.13 bits per heavy atom. The van der Waals surface area contributed by atoms with Gasteiger partial charge in [0.1, 0.15) is 0 Å². The Kier molecular flexibility index (Phi) is 8.22. The number of fused-ring (bicyclic) bond motifs is 6. The van der Waals surface area contributed by atoms with Crippen LogP contribution < -0.4 is 0 Å². The first kappa shape index (κ1) is 36.0. The van der Waals surface area contributed by atoms with Crippen molar-refractivity contribution in [2.24, 2.45) is 0 Å². The summed E-state index contributed by atoms with van der Waals surface area (Å²) in [6, 6.07) is 70.1. The first-order valence-corrected chi connectivity index (χ1v) is 21.0. The Bertz CT molecular complexity index is 3100. The topological polar surface area (TPSA) is 25.8 Å². The van der Waals surface area contributed by atoms with E-state index in [2.05, 4.69) is 204 Å². The lowest BCUT2D eigenvalue weighted by molar-refractivity contribution is 0.652. The van der Waals surface area contributed by atoms with Crippen LogP contribution in [0.15, 0.2) is 194 Å². The molecule has 1 aromatic heterocycles. The van der Waals surface area contributed by atoms with Crippen LogP contribution in [0.25, 0.3) is 89.5 Å². The number of aromatic nitrogens is 2. The molecule has 8 aromatic carbocycles. The lowest BCUT2D eigenvalue weighted by Gasteiger charge is -2.24. The van der Waals surface area contributed by atoms with Crippen molar-refractivity contribution in [1.82, 2.24) is 9.97 Å². The Balaban J connectivity index is 0.972. The summed E-state index contributed by atoms with van der Waals surface area (Å²) in [5.41, 5.74) is 23.4. The summed E-state index contributed by atoms with van der Waals surface area (Å²) in [5, 5.41) is 0. The molecule has 0 N–H and O–H groups in total. The van der Waals surface area contributed by atoms with Crippen LogP contribution in [-0.4, -0.2) is 9.97 Å². The minimum atomic E-state index is -0.0853. The van der Waals surface area contributed by atoms with Crippen LogP contribution in [0.4, 0.5) is 0 Å². The van der Waals surface area contributed by atoms with Crippen molar-refractivity contribution in [2.75, 3.05) is 0 Å². The van der Waals surface area contributed by atoms with E-state index in [4.69, 9.17) is 9.97 Å². The lowest BCUT2D eigenvalue weighted by Crippen LogP contribution is -2.16. The van der Waals surface area contributed by atoms with Gasteiger partial charge in [-0.25, -0.2) is 9.97 Å². The van der Waals surface area contributed by atoms with Crippen molar-refractivity contribution in [3.05, 3.63) is 216 Å². The van der Waals surface area contributed by atoms with E-state index in [0.717, 1.165) is 50.6 Å². The fraction of sp³-hybridized carbons (Fsp3) is 0.103. The SMILES string of the molecule is CC1(C)c2ccccc2-c2cc3c(cc21)-c1cc(-c2cccc(-c4ccc(-c5nc(-c6ccccc6)c(-c6ccccc6)nc5-c5ccccc5)cc4)c2)ccc1C3(C)C. The standard InChI is InChI=1S/C58H44N2/c1-57(2)49-26-15-14-25-45(49)47-35-52-48(36-51(47)57)46-34-44(31-32-50(46)58(52,3)4)43-24-16-23-42(33-43)37-27-29-41(30-28-37)56-55(40-21-12-7-13-22-40)59-53(38-17-8-5-9-18-38)54(60-56)39-19-10-6-11-20-39/h5-36H,1-4H3. The summed E-state index contributed by atoms with van der Waals surface area (Å²) in [7, 11) is 0. The van der Waals surface area contributed by atoms with Gasteiger partial charge in [0.2, 0.25) is 0 Å². The van der Waals surface area contributed by atoms with Crippen LogP contribution in [0.1, 0.15) is 49.9 Å². The summed E-state index contributed by atoms with van der Waals surface area (Å²) in [4.78, 5) is 10.9. The smallest absolute Gasteiger partial charge is 0.0973 e. The van der Waals surface area contributed by atoms with Gasteiger partial charge in [0.15, 0.2) is 0 Å². The molecule has 0 saturated heterocycles. The fourth-order valence-corrected chi connectivity index (χ4v) is 9.85. The average molecular weight is 769 g/mol. The van der Waals surface area contributed by atoms with Crippen molar-refractivity contribution < 1.29 is 0 Å². The van der Waals surface area contributed by atoms with E-state index < -0.39 is 0 Å². The maximum absolute atomic E-state index is 5.45. The third kappa shape index (κ3) is 5.70. The van der Waals surface area contributed by atoms with E-state index in [9.17, 15) is 0 Å².